The number of rotatable bonds is 2. The Morgan fingerprint density at radius 1 is 1.82 bits per heavy atom. The van der Waals surface area contributed by atoms with Crippen LogP contribution < -0.4 is 5.73 Å². The topological polar surface area (TPSA) is 57.2 Å². The maximum Gasteiger partial charge on any atom is 0.404 e. The van der Waals surface area contributed by atoms with Crippen LogP contribution in [0, 0.1) is 0 Å². The predicted octanol–water partition coefficient (Wildman–Crippen LogP) is 0.620. The van der Waals surface area contributed by atoms with Gasteiger partial charge in [-0.3, -0.25) is 0 Å². The SMILES string of the molecule is Cn1cccc1COC(N)=O. The van der Waals surface area contributed by atoms with Gasteiger partial charge in [0.15, 0.2) is 0 Å². The molecule has 1 amide bonds. The van der Waals surface area contributed by atoms with Crippen molar-refractivity contribution in [2.75, 3.05) is 0 Å². The highest BCUT2D eigenvalue weighted by molar-refractivity contribution is 5.64. The molecule has 0 saturated heterocycles. The Kier molecular flexibility index (Phi) is 2.15. The van der Waals surface area contributed by atoms with E-state index in [9.17, 15) is 4.79 Å². The summed E-state index contributed by atoms with van der Waals surface area (Å²) >= 11 is 0. The van der Waals surface area contributed by atoms with E-state index in [2.05, 4.69) is 4.74 Å². The summed E-state index contributed by atoms with van der Waals surface area (Å²) in [4.78, 5) is 10.2. The second-order valence-electron chi connectivity index (χ2n) is 2.22. The molecule has 0 aliphatic carbocycles. The van der Waals surface area contributed by atoms with Gasteiger partial charge in [-0.2, -0.15) is 0 Å². The van der Waals surface area contributed by atoms with Crippen LogP contribution in [0.15, 0.2) is 18.3 Å². The molecular weight excluding hydrogens is 144 g/mol. The minimum absolute atomic E-state index is 0.235. The number of aryl methyl sites for hydroxylation is 1. The largest absolute Gasteiger partial charge is 0.443 e. The smallest absolute Gasteiger partial charge is 0.404 e. The van der Waals surface area contributed by atoms with Crippen molar-refractivity contribution < 1.29 is 9.53 Å². The Hall–Kier alpha value is -1.45. The quantitative estimate of drug-likeness (QED) is 0.678. The molecule has 60 valence electrons. The number of amides is 1. The van der Waals surface area contributed by atoms with Crippen molar-refractivity contribution in [3.8, 4) is 0 Å². The molecule has 0 radical (unpaired) electrons. The lowest BCUT2D eigenvalue weighted by Crippen LogP contribution is -2.13. The van der Waals surface area contributed by atoms with Crippen LogP contribution in [0.2, 0.25) is 0 Å². The molecule has 4 nitrogen and oxygen atoms in total. The average molecular weight is 154 g/mol. The standard InChI is InChI=1S/C7H10N2O2/c1-9-4-2-3-6(9)5-11-7(8)10/h2-4H,5H2,1H3,(H2,8,10). The molecule has 2 N–H and O–H groups in total. The highest BCUT2D eigenvalue weighted by atomic mass is 16.5. The molecule has 0 fully saturated rings. The summed E-state index contributed by atoms with van der Waals surface area (Å²) in [6.45, 7) is 0.235. The minimum atomic E-state index is -0.744. The van der Waals surface area contributed by atoms with Crippen LogP contribution in [0.3, 0.4) is 0 Å². The second kappa shape index (κ2) is 3.09. The van der Waals surface area contributed by atoms with Gasteiger partial charge >= 0.3 is 6.09 Å². The summed E-state index contributed by atoms with van der Waals surface area (Å²) in [6.07, 6.45) is 1.13. The van der Waals surface area contributed by atoms with Gasteiger partial charge in [0.2, 0.25) is 0 Å². The maximum absolute atomic E-state index is 10.2. The average Bonchev–Trinajstić information content (AvgIpc) is 2.31. The van der Waals surface area contributed by atoms with Crippen molar-refractivity contribution in [2.24, 2.45) is 12.8 Å². The molecular formula is C7H10N2O2. The molecule has 0 bridgehead atoms. The van der Waals surface area contributed by atoms with Crippen LogP contribution in [0.4, 0.5) is 4.79 Å². The van der Waals surface area contributed by atoms with E-state index in [0.29, 0.717) is 0 Å². The van der Waals surface area contributed by atoms with Crippen LogP contribution in [0.1, 0.15) is 5.69 Å². The molecule has 0 unspecified atom stereocenters. The number of nitrogens with zero attached hydrogens (tertiary/aromatic N) is 1. The molecule has 1 heterocycles. The van der Waals surface area contributed by atoms with Crippen LogP contribution in [-0.4, -0.2) is 10.7 Å². The molecule has 11 heavy (non-hydrogen) atoms. The first-order valence-electron chi connectivity index (χ1n) is 3.22. The molecule has 0 aromatic carbocycles. The van der Waals surface area contributed by atoms with E-state index in [1.165, 1.54) is 0 Å². The number of hydrogen-bond acceptors (Lipinski definition) is 2. The Labute approximate surface area is 64.6 Å². The van der Waals surface area contributed by atoms with Gasteiger partial charge < -0.3 is 15.0 Å². The lowest BCUT2D eigenvalue weighted by atomic mass is 10.4. The Bertz CT molecular complexity index is 255. The summed E-state index contributed by atoms with van der Waals surface area (Å²) in [5.74, 6) is 0. The number of aromatic nitrogens is 1. The number of carbonyl (C=O) groups is 1. The van der Waals surface area contributed by atoms with E-state index in [4.69, 9.17) is 5.73 Å². The van der Waals surface area contributed by atoms with Crippen molar-refractivity contribution in [1.29, 1.82) is 0 Å². The first-order chi connectivity index (χ1) is 5.20. The fraction of sp³-hybridized carbons (Fsp3) is 0.286. The molecule has 4 heteroatoms. The molecule has 1 rings (SSSR count). The van der Waals surface area contributed by atoms with Gasteiger partial charge in [0.25, 0.3) is 0 Å². The lowest BCUT2D eigenvalue weighted by molar-refractivity contribution is 0.148. The number of carbonyl (C=O) groups excluding carboxylic acids is 1. The van der Waals surface area contributed by atoms with Gasteiger partial charge in [-0.25, -0.2) is 4.79 Å². The molecule has 0 aliphatic heterocycles. The number of nitrogens with two attached hydrogens (primary N) is 1. The van der Waals surface area contributed by atoms with E-state index in [1.54, 1.807) is 0 Å². The normalized spacial score (nSPS) is 9.55. The second-order valence-corrected chi connectivity index (χ2v) is 2.22. The number of ether oxygens (including phenoxy) is 1. The van der Waals surface area contributed by atoms with Gasteiger partial charge in [0.05, 0.1) is 5.69 Å². The predicted molar refractivity (Wildman–Crippen MR) is 39.8 cm³/mol. The van der Waals surface area contributed by atoms with E-state index < -0.39 is 6.09 Å². The molecule has 1 aromatic rings. The Balaban J connectivity index is 2.51. The summed E-state index contributed by atoms with van der Waals surface area (Å²) < 4.78 is 6.45. The fourth-order valence-corrected chi connectivity index (χ4v) is 0.792. The highest BCUT2D eigenvalue weighted by Gasteiger charge is 1.98. The van der Waals surface area contributed by atoms with Crippen molar-refractivity contribution in [3.63, 3.8) is 0 Å². The zero-order valence-electron chi connectivity index (χ0n) is 6.28. The number of primary amides is 1. The van der Waals surface area contributed by atoms with Crippen LogP contribution >= 0.6 is 0 Å². The summed E-state index contributed by atoms with van der Waals surface area (Å²) in [5, 5.41) is 0. The van der Waals surface area contributed by atoms with Gasteiger partial charge in [-0.05, 0) is 12.1 Å². The summed E-state index contributed by atoms with van der Waals surface area (Å²) in [5.41, 5.74) is 5.71. The van der Waals surface area contributed by atoms with Crippen molar-refractivity contribution in [1.82, 2.24) is 4.57 Å². The van der Waals surface area contributed by atoms with Crippen molar-refractivity contribution in [2.45, 2.75) is 6.61 Å². The first kappa shape index (κ1) is 7.65. The Morgan fingerprint density at radius 2 is 2.55 bits per heavy atom. The third-order valence-electron chi connectivity index (χ3n) is 1.41. The van der Waals surface area contributed by atoms with E-state index in [0.717, 1.165) is 5.69 Å². The van der Waals surface area contributed by atoms with Crippen molar-refractivity contribution >= 4 is 6.09 Å². The molecule has 0 spiro atoms. The summed E-state index contributed by atoms with van der Waals surface area (Å²) in [6, 6.07) is 3.74. The zero-order chi connectivity index (χ0) is 8.27. The third-order valence-corrected chi connectivity index (χ3v) is 1.41. The highest BCUT2D eigenvalue weighted by Crippen LogP contribution is 2.00. The number of hydrogen-bond donors (Lipinski definition) is 1. The van der Waals surface area contributed by atoms with E-state index in [-0.39, 0.29) is 6.61 Å². The lowest BCUT2D eigenvalue weighted by Gasteiger charge is -2.01. The molecule has 0 atom stereocenters. The van der Waals surface area contributed by atoms with Crippen molar-refractivity contribution in [3.05, 3.63) is 24.0 Å². The van der Waals surface area contributed by atoms with E-state index in [1.807, 2.05) is 29.9 Å². The van der Waals surface area contributed by atoms with Crippen LogP contribution in [0.5, 0.6) is 0 Å². The molecule has 0 saturated carbocycles. The molecule has 1 aromatic heterocycles. The van der Waals surface area contributed by atoms with Gasteiger partial charge in [-0.1, -0.05) is 0 Å². The van der Waals surface area contributed by atoms with Crippen LogP contribution in [0.25, 0.3) is 0 Å². The summed E-state index contributed by atoms with van der Waals surface area (Å²) in [7, 11) is 1.87. The Morgan fingerprint density at radius 3 is 3.00 bits per heavy atom. The zero-order valence-corrected chi connectivity index (χ0v) is 6.28. The first-order valence-corrected chi connectivity index (χ1v) is 3.22. The molecule has 0 aliphatic rings. The van der Waals surface area contributed by atoms with E-state index >= 15 is 0 Å². The maximum atomic E-state index is 10.2. The van der Waals surface area contributed by atoms with Gasteiger partial charge in [-0.15, -0.1) is 0 Å². The minimum Gasteiger partial charge on any atom is -0.443 e. The monoisotopic (exact) mass is 154 g/mol. The van der Waals surface area contributed by atoms with Gasteiger partial charge in [0, 0.05) is 13.2 Å². The van der Waals surface area contributed by atoms with Crippen LogP contribution in [-0.2, 0) is 18.4 Å². The third kappa shape index (κ3) is 2.00. The van der Waals surface area contributed by atoms with Gasteiger partial charge in [0.1, 0.15) is 6.61 Å². The fourth-order valence-electron chi connectivity index (χ4n) is 0.792.